The van der Waals surface area contributed by atoms with E-state index < -0.39 is 6.61 Å². The maximum atomic E-state index is 12.1. The minimum absolute atomic E-state index is 0.0197. The second kappa shape index (κ2) is 5.91. The van der Waals surface area contributed by atoms with Gasteiger partial charge >= 0.3 is 6.61 Å². The number of benzene rings is 1. The van der Waals surface area contributed by atoms with E-state index in [-0.39, 0.29) is 29.7 Å². The van der Waals surface area contributed by atoms with Crippen LogP contribution >= 0.6 is 0 Å². The van der Waals surface area contributed by atoms with E-state index in [1.54, 1.807) is 0 Å². The molecular weight excluding hydrogens is 254 g/mol. The van der Waals surface area contributed by atoms with E-state index in [0.717, 1.165) is 6.42 Å². The highest BCUT2D eigenvalue weighted by Gasteiger charge is 2.26. The van der Waals surface area contributed by atoms with Gasteiger partial charge in [-0.15, -0.1) is 0 Å². The molecule has 19 heavy (non-hydrogen) atoms. The average Bonchev–Trinajstić information content (AvgIpc) is 2.38. The first-order chi connectivity index (χ1) is 9.06. The number of carbonyl (C=O) groups excluding carboxylic acids is 2. The van der Waals surface area contributed by atoms with Gasteiger partial charge < -0.3 is 4.74 Å². The van der Waals surface area contributed by atoms with Crippen molar-refractivity contribution < 1.29 is 23.1 Å². The summed E-state index contributed by atoms with van der Waals surface area (Å²) in [5.74, 6) is -0.242. The molecule has 102 valence electrons. The summed E-state index contributed by atoms with van der Waals surface area (Å²) < 4.78 is 28.2. The second-order valence-electron chi connectivity index (χ2n) is 4.60. The molecule has 5 heteroatoms. The predicted octanol–water partition coefficient (Wildman–Crippen LogP) is 3.23. The van der Waals surface area contributed by atoms with E-state index in [4.69, 9.17) is 0 Å². The molecule has 2 rings (SSSR count). The van der Waals surface area contributed by atoms with Crippen LogP contribution in [0, 0.1) is 5.92 Å². The number of hydrogen-bond acceptors (Lipinski definition) is 3. The van der Waals surface area contributed by atoms with Crippen molar-refractivity contribution in [3.63, 3.8) is 0 Å². The molecule has 1 unspecified atom stereocenters. The van der Waals surface area contributed by atoms with Crippen molar-refractivity contribution in [1.29, 1.82) is 0 Å². The first-order valence-corrected chi connectivity index (χ1v) is 6.17. The lowest BCUT2D eigenvalue weighted by molar-refractivity contribution is -0.121. The van der Waals surface area contributed by atoms with Gasteiger partial charge in [-0.25, -0.2) is 0 Å². The Hall–Kier alpha value is -1.78. The Morgan fingerprint density at radius 2 is 1.95 bits per heavy atom. The van der Waals surface area contributed by atoms with Crippen LogP contribution in [0.5, 0.6) is 5.75 Å². The highest BCUT2D eigenvalue weighted by molar-refractivity contribution is 6.00. The molecule has 0 bridgehead atoms. The van der Waals surface area contributed by atoms with Crippen LogP contribution < -0.4 is 4.74 Å². The van der Waals surface area contributed by atoms with Crippen LogP contribution in [0.1, 0.15) is 36.0 Å². The van der Waals surface area contributed by atoms with E-state index in [9.17, 15) is 18.4 Å². The lowest BCUT2D eigenvalue weighted by Gasteiger charge is -2.19. The SMILES string of the molecule is O=C1CCCC(C(=O)c2ccc(OC(F)F)cc2)C1. The maximum absolute atomic E-state index is 12.1. The van der Waals surface area contributed by atoms with Crippen LogP contribution in [0.15, 0.2) is 24.3 Å². The van der Waals surface area contributed by atoms with Crippen molar-refractivity contribution in [1.82, 2.24) is 0 Å². The Bertz CT molecular complexity index is 468. The first kappa shape index (κ1) is 13.6. The van der Waals surface area contributed by atoms with Crippen LogP contribution in [-0.2, 0) is 4.79 Å². The summed E-state index contributed by atoms with van der Waals surface area (Å²) >= 11 is 0. The van der Waals surface area contributed by atoms with Gasteiger partial charge in [-0.2, -0.15) is 8.78 Å². The van der Waals surface area contributed by atoms with Crippen LogP contribution in [0.2, 0.25) is 0 Å². The molecule has 0 N–H and O–H groups in total. The number of ketones is 2. The number of Topliss-reactive ketones (excluding diaryl/α,β-unsaturated/α-hetero) is 2. The largest absolute Gasteiger partial charge is 0.435 e. The lowest BCUT2D eigenvalue weighted by Crippen LogP contribution is -2.22. The molecule has 1 aliphatic carbocycles. The van der Waals surface area contributed by atoms with Gasteiger partial charge in [0.2, 0.25) is 0 Å². The van der Waals surface area contributed by atoms with Crippen molar-refractivity contribution in [2.24, 2.45) is 5.92 Å². The van der Waals surface area contributed by atoms with Crippen LogP contribution in [0.3, 0.4) is 0 Å². The van der Waals surface area contributed by atoms with Gasteiger partial charge in [0.15, 0.2) is 5.78 Å². The highest BCUT2D eigenvalue weighted by Crippen LogP contribution is 2.26. The summed E-state index contributed by atoms with van der Waals surface area (Å²) in [6.07, 6.45) is 2.28. The third kappa shape index (κ3) is 3.59. The molecule has 1 aromatic rings. The third-order valence-corrected chi connectivity index (χ3v) is 3.22. The van der Waals surface area contributed by atoms with E-state index in [1.807, 2.05) is 0 Å². The van der Waals surface area contributed by atoms with Crippen molar-refractivity contribution in [3.8, 4) is 5.75 Å². The van der Waals surface area contributed by atoms with Crippen molar-refractivity contribution >= 4 is 11.6 Å². The molecule has 0 aliphatic heterocycles. The summed E-state index contributed by atoms with van der Waals surface area (Å²) in [5.41, 5.74) is 0.432. The molecule has 0 spiro atoms. The summed E-state index contributed by atoms with van der Waals surface area (Å²) in [6.45, 7) is -2.88. The van der Waals surface area contributed by atoms with Crippen molar-refractivity contribution in [2.45, 2.75) is 32.3 Å². The Morgan fingerprint density at radius 1 is 1.26 bits per heavy atom. The van der Waals surface area contributed by atoms with Crippen LogP contribution in [0.25, 0.3) is 0 Å². The molecule has 0 aromatic heterocycles. The topological polar surface area (TPSA) is 43.4 Å². The number of carbonyl (C=O) groups is 2. The summed E-state index contributed by atoms with van der Waals surface area (Å²) in [5, 5.41) is 0. The molecular formula is C14H14F2O3. The molecule has 1 atom stereocenters. The van der Waals surface area contributed by atoms with Gasteiger partial charge in [0, 0.05) is 24.3 Å². The molecule has 1 aromatic carbocycles. The van der Waals surface area contributed by atoms with Gasteiger partial charge in [0.05, 0.1) is 0 Å². The van der Waals surface area contributed by atoms with E-state index in [2.05, 4.69) is 4.74 Å². The van der Waals surface area contributed by atoms with Crippen LogP contribution in [0.4, 0.5) is 8.78 Å². The number of halogens is 2. The molecule has 3 nitrogen and oxygen atoms in total. The van der Waals surface area contributed by atoms with E-state index >= 15 is 0 Å². The fourth-order valence-electron chi connectivity index (χ4n) is 2.28. The fraction of sp³-hybridized carbons (Fsp3) is 0.429. The summed E-state index contributed by atoms with van der Waals surface area (Å²) in [6, 6.07) is 5.59. The molecule has 1 saturated carbocycles. The number of hydrogen-bond donors (Lipinski definition) is 0. The predicted molar refractivity (Wildman–Crippen MR) is 64.4 cm³/mol. The van der Waals surface area contributed by atoms with Crippen molar-refractivity contribution in [3.05, 3.63) is 29.8 Å². The monoisotopic (exact) mass is 268 g/mol. The van der Waals surface area contributed by atoms with E-state index in [1.165, 1.54) is 24.3 Å². The lowest BCUT2D eigenvalue weighted by atomic mass is 9.83. The fourth-order valence-corrected chi connectivity index (χ4v) is 2.28. The number of rotatable bonds is 4. The second-order valence-corrected chi connectivity index (χ2v) is 4.60. The van der Waals surface area contributed by atoms with Crippen molar-refractivity contribution in [2.75, 3.05) is 0 Å². The summed E-state index contributed by atoms with van der Waals surface area (Å²) in [4.78, 5) is 23.5. The number of ether oxygens (including phenoxy) is 1. The Morgan fingerprint density at radius 3 is 2.53 bits per heavy atom. The Kier molecular flexibility index (Phi) is 4.24. The van der Waals surface area contributed by atoms with Crippen LogP contribution in [-0.4, -0.2) is 18.2 Å². The standard InChI is InChI=1S/C14H14F2O3/c15-14(16)19-12-6-4-9(5-7-12)13(18)10-2-1-3-11(17)8-10/h4-7,10,14H,1-3,8H2. The Balaban J connectivity index is 2.04. The zero-order valence-electron chi connectivity index (χ0n) is 10.3. The third-order valence-electron chi connectivity index (χ3n) is 3.22. The summed E-state index contributed by atoms with van der Waals surface area (Å²) in [7, 11) is 0. The smallest absolute Gasteiger partial charge is 0.387 e. The highest BCUT2D eigenvalue weighted by atomic mass is 19.3. The van der Waals surface area contributed by atoms with Gasteiger partial charge in [-0.3, -0.25) is 9.59 Å². The molecule has 0 saturated heterocycles. The van der Waals surface area contributed by atoms with Gasteiger partial charge in [-0.05, 0) is 37.1 Å². The first-order valence-electron chi connectivity index (χ1n) is 6.17. The van der Waals surface area contributed by atoms with Gasteiger partial charge in [0.25, 0.3) is 0 Å². The Labute approximate surface area is 109 Å². The minimum Gasteiger partial charge on any atom is -0.435 e. The van der Waals surface area contributed by atoms with E-state index in [0.29, 0.717) is 18.4 Å². The normalized spacial score (nSPS) is 19.5. The van der Waals surface area contributed by atoms with Gasteiger partial charge in [-0.1, -0.05) is 0 Å². The number of alkyl halides is 2. The maximum Gasteiger partial charge on any atom is 0.387 e. The molecule has 1 aliphatic rings. The molecule has 1 fully saturated rings. The average molecular weight is 268 g/mol. The van der Waals surface area contributed by atoms with Gasteiger partial charge in [0.1, 0.15) is 11.5 Å². The minimum atomic E-state index is -2.88. The molecule has 0 radical (unpaired) electrons. The zero-order chi connectivity index (χ0) is 13.8. The molecule has 0 amide bonds. The zero-order valence-corrected chi connectivity index (χ0v) is 10.3. The molecule has 0 heterocycles. The quantitative estimate of drug-likeness (QED) is 0.787.